The molecule has 0 saturated carbocycles. The molecule has 0 spiro atoms. The average Bonchev–Trinajstić information content (AvgIpc) is 2.85. The van der Waals surface area contributed by atoms with E-state index in [9.17, 15) is 4.79 Å². The minimum atomic E-state index is -0.298. The molecule has 2 rings (SSSR count). The molecule has 0 radical (unpaired) electrons. The van der Waals surface area contributed by atoms with Crippen molar-refractivity contribution in [2.75, 3.05) is 0 Å². The van der Waals surface area contributed by atoms with E-state index in [1.165, 1.54) is 0 Å². The highest BCUT2D eigenvalue weighted by molar-refractivity contribution is 5.78. The largest absolute Gasteiger partial charge is 0.508 e. The lowest BCUT2D eigenvalue weighted by atomic mass is 10.1. The molecule has 7 nitrogen and oxygen atoms in total. The number of nitrogens with zero attached hydrogens (tertiary/aromatic N) is 3. The summed E-state index contributed by atoms with van der Waals surface area (Å²) in [4.78, 5) is 11.7. The van der Waals surface area contributed by atoms with Crippen LogP contribution in [0.5, 0.6) is 5.75 Å². The Balaban J connectivity index is 1.91. The number of aromatic amines is 1. The highest BCUT2D eigenvalue weighted by Gasteiger charge is 2.13. The van der Waals surface area contributed by atoms with Crippen LogP contribution in [-0.4, -0.2) is 31.6 Å². The lowest BCUT2D eigenvalue weighted by Gasteiger charge is -2.09. The maximum atomic E-state index is 11.7. The predicted octanol–water partition coefficient (Wildman–Crippen LogP) is 0.325. The second-order valence-corrected chi connectivity index (χ2v) is 3.90. The normalized spacial score (nSPS) is 12.1. The van der Waals surface area contributed by atoms with E-state index in [1.54, 1.807) is 31.2 Å². The van der Waals surface area contributed by atoms with E-state index in [1.807, 2.05) is 0 Å². The molecule has 1 unspecified atom stereocenters. The molecular weight excluding hydrogens is 234 g/mol. The van der Waals surface area contributed by atoms with E-state index in [-0.39, 0.29) is 24.1 Å². The summed E-state index contributed by atoms with van der Waals surface area (Å²) in [6, 6.07) is 6.20. The summed E-state index contributed by atoms with van der Waals surface area (Å²) in [5.74, 6) is 0.478. The first-order chi connectivity index (χ1) is 8.65. The summed E-state index contributed by atoms with van der Waals surface area (Å²) in [6.07, 6.45) is 0.239. The summed E-state index contributed by atoms with van der Waals surface area (Å²) < 4.78 is 0. The summed E-state index contributed by atoms with van der Waals surface area (Å²) in [5.41, 5.74) is 0.825. The average molecular weight is 247 g/mol. The van der Waals surface area contributed by atoms with Crippen LogP contribution in [0.25, 0.3) is 0 Å². The maximum Gasteiger partial charge on any atom is 0.225 e. The molecule has 3 N–H and O–H groups in total. The molecule has 0 aliphatic heterocycles. The highest BCUT2D eigenvalue weighted by atomic mass is 16.3. The maximum absolute atomic E-state index is 11.7. The standard InChI is InChI=1S/C11H13N5O2/c1-7(11-13-15-16-14-11)12-10(18)6-8-2-4-9(17)5-3-8/h2-5,7,17H,6H2,1H3,(H,12,18)(H,13,14,15,16). The van der Waals surface area contributed by atoms with Gasteiger partial charge < -0.3 is 10.4 Å². The van der Waals surface area contributed by atoms with Crippen LogP contribution in [0.15, 0.2) is 24.3 Å². The van der Waals surface area contributed by atoms with Gasteiger partial charge in [-0.1, -0.05) is 17.3 Å². The molecule has 1 amide bonds. The van der Waals surface area contributed by atoms with E-state index in [0.29, 0.717) is 5.82 Å². The first kappa shape index (κ1) is 12.0. The Morgan fingerprint density at radius 2 is 2.17 bits per heavy atom. The summed E-state index contributed by atoms with van der Waals surface area (Å²) in [6.45, 7) is 1.78. The van der Waals surface area contributed by atoms with Crippen LogP contribution >= 0.6 is 0 Å². The van der Waals surface area contributed by atoms with Crippen molar-refractivity contribution < 1.29 is 9.90 Å². The molecule has 1 heterocycles. The number of hydrogen-bond acceptors (Lipinski definition) is 5. The van der Waals surface area contributed by atoms with Crippen LogP contribution in [0, 0.1) is 0 Å². The van der Waals surface area contributed by atoms with E-state index < -0.39 is 0 Å². The van der Waals surface area contributed by atoms with Gasteiger partial charge in [0.2, 0.25) is 5.91 Å². The number of rotatable bonds is 4. The van der Waals surface area contributed by atoms with E-state index in [0.717, 1.165) is 5.56 Å². The molecule has 0 saturated heterocycles. The minimum Gasteiger partial charge on any atom is -0.508 e. The number of benzene rings is 1. The topological polar surface area (TPSA) is 104 Å². The Labute approximate surface area is 103 Å². The van der Waals surface area contributed by atoms with Gasteiger partial charge in [-0.3, -0.25) is 4.79 Å². The van der Waals surface area contributed by atoms with Crippen LogP contribution in [0.1, 0.15) is 24.4 Å². The number of tetrazole rings is 1. The van der Waals surface area contributed by atoms with Crippen LogP contribution in [0.3, 0.4) is 0 Å². The second-order valence-electron chi connectivity index (χ2n) is 3.90. The van der Waals surface area contributed by atoms with Crippen LogP contribution in [-0.2, 0) is 11.2 Å². The first-order valence-corrected chi connectivity index (χ1v) is 5.46. The molecule has 94 valence electrons. The van der Waals surface area contributed by atoms with Gasteiger partial charge in [-0.25, -0.2) is 0 Å². The number of carbonyl (C=O) groups is 1. The Bertz CT molecular complexity index is 509. The number of hydrogen-bond donors (Lipinski definition) is 3. The quantitative estimate of drug-likeness (QED) is 0.722. The summed E-state index contributed by atoms with van der Waals surface area (Å²) in [7, 11) is 0. The van der Waals surface area contributed by atoms with Crippen molar-refractivity contribution in [1.29, 1.82) is 0 Å². The SMILES string of the molecule is CC(NC(=O)Cc1ccc(O)cc1)c1nn[nH]n1. The number of nitrogens with one attached hydrogen (secondary N) is 2. The second kappa shape index (κ2) is 5.26. The lowest BCUT2D eigenvalue weighted by Crippen LogP contribution is -2.28. The zero-order valence-electron chi connectivity index (χ0n) is 9.79. The van der Waals surface area contributed by atoms with E-state index in [4.69, 9.17) is 5.11 Å². The summed E-state index contributed by atoms with van der Waals surface area (Å²) >= 11 is 0. The molecule has 0 aliphatic carbocycles. The molecule has 0 fully saturated rings. The van der Waals surface area contributed by atoms with Gasteiger partial charge in [-0.05, 0) is 24.6 Å². The van der Waals surface area contributed by atoms with Gasteiger partial charge in [0.25, 0.3) is 0 Å². The molecular formula is C11H13N5O2. The van der Waals surface area contributed by atoms with Gasteiger partial charge in [-0.15, -0.1) is 10.2 Å². The van der Waals surface area contributed by atoms with Gasteiger partial charge in [0.05, 0.1) is 12.5 Å². The number of amides is 1. The van der Waals surface area contributed by atoms with Gasteiger partial charge in [0, 0.05) is 0 Å². The molecule has 1 aromatic carbocycles. The lowest BCUT2D eigenvalue weighted by molar-refractivity contribution is -0.121. The smallest absolute Gasteiger partial charge is 0.225 e. The van der Waals surface area contributed by atoms with Crippen molar-refractivity contribution in [3.8, 4) is 5.75 Å². The molecule has 1 aromatic heterocycles. The van der Waals surface area contributed by atoms with Crippen molar-refractivity contribution in [2.45, 2.75) is 19.4 Å². The first-order valence-electron chi connectivity index (χ1n) is 5.46. The van der Waals surface area contributed by atoms with Crippen LogP contribution in [0.4, 0.5) is 0 Å². The zero-order valence-corrected chi connectivity index (χ0v) is 9.79. The van der Waals surface area contributed by atoms with Gasteiger partial charge in [0.1, 0.15) is 5.75 Å². The van der Waals surface area contributed by atoms with Gasteiger partial charge in [0.15, 0.2) is 5.82 Å². The summed E-state index contributed by atoms with van der Waals surface area (Å²) in [5, 5.41) is 25.2. The number of aromatic hydroxyl groups is 1. The van der Waals surface area contributed by atoms with Crippen LogP contribution in [0.2, 0.25) is 0 Å². The molecule has 0 bridgehead atoms. The number of phenols is 1. The molecule has 0 aliphatic rings. The Morgan fingerprint density at radius 1 is 1.44 bits per heavy atom. The fraction of sp³-hybridized carbons (Fsp3) is 0.273. The fourth-order valence-corrected chi connectivity index (χ4v) is 1.51. The minimum absolute atomic E-state index is 0.141. The van der Waals surface area contributed by atoms with Crippen LogP contribution < -0.4 is 5.32 Å². The number of H-pyrrole nitrogens is 1. The number of carbonyl (C=O) groups excluding carboxylic acids is 1. The Morgan fingerprint density at radius 3 is 2.78 bits per heavy atom. The van der Waals surface area contributed by atoms with Crippen molar-refractivity contribution >= 4 is 5.91 Å². The van der Waals surface area contributed by atoms with Crippen molar-refractivity contribution in [1.82, 2.24) is 25.9 Å². The van der Waals surface area contributed by atoms with Gasteiger partial charge >= 0.3 is 0 Å². The Kier molecular flexibility index (Phi) is 3.52. The molecule has 18 heavy (non-hydrogen) atoms. The zero-order chi connectivity index (χ0) is 13.0. The van der Waals surface area contributed by atoms with E-state index in [2.05, 4.69) is 25.9 Å². The number of aromatic nitrogens is 4. The fourth-order valence-electron chi connectivity index (χ4n) is 1.51. The monoisotopic (exact) mass is 247 g/mol. The predicted molar refractivity (Wildman–Crippen MR) is 62.5 cm³/mol. The van der Waals surface area contributed by atoms with Gasteiger partial charge in [-0.2, -0.15) is 5.21 Å². The third-order valence-electron chi connectivity index (χ3n) is 2.43. The third-order valence-corrected chi connectivity index (χ3v) is 2.43. The Hall–Kier alpha value is -2.44. The number of phenolic OH excluding ortho intramolecular Hbond substituents is 1. The van der Waals surface area contributed by atoms with Crippen molar-refractivity contribution in [3.63, 3.8) is 0 Å². The highest BCUT2D eigenvalue weighted by Crippen LogP contribution is 2.10. The molecule has 2 aromatic rings. The van der Waals surface area contributed by atoms with Crippen molar-refractivity contribution in [3.05, 3.63) is 35.7 Å². The molecule has 1 atom stereocenters. The molecule has 7 heteroatoms. The van der Waals surface area contributed by atoms with E-state index >= 15 is 0 Å². The third kappa shape index (κ3) is 3.03. The van der Waals surface area contributed by atoms with Crippen molar-refractivity contribution in [2.24, 2.45) is 0 Å².